The highest BCUT2D eigenvalue weighted by Crippen LogP contribution is 2.28. The average Bonchev–Trinajstić information content (AvgIpc) is 3.17. The molecule has 5 rings (SSSR count). The van der Waals surface area contributed by atoms with Gasteiger partial charge in [-0.15, -0.1) is 0 Å². The quantitative estimate of drug-likeness (QED) is 0.0713. The summed E-state index contributed by atoms with van der Waals surface area (Å²) < 4.78 is 0. The van der Waals surface area contributed by atoms with Gasteiger partial charge in [0.1, 0.15) is 5.69 Å². The van der Waals surface area contributed by atoms with Crippen LogP contribution in [-0.2, 0) is 16.0 Å². The number of carbonyl (C=O) groups is 3. The van der Waals surface area contributed by atoms with Crippen molar-refractivity contribution >= 4 is 17.6 Å². The number of benzene rings is 4. The van der Waals surface area contributed by atoms with Gasteiger partial charge in [0, 0.05) is 30.5 Å². The molecule has 5 aromatic rings. The topological polar surface area (TPSA) is 117 Å². The molecule has 262 valence electrons. The summed E-state index contributed by atoms with van der Waals surface area (Å²) in [6, 6.07) is 46.8. The SMILES string of the molecule is NC(=O)CN(CCc1cccc(C(=O)CNCCC(c2ccccc2)c2ccccc2)n1)C(=O)CNCCC(c1ccccc1)c1ccccc1. The van der Waals surface area contributed by atoms with E-state index in [0.29, 0.717) is 30.9 Å². The number of nitrogens with one attached hydrogen (secondary N) is 2. The van der Waals surface area contributed by atoms with E-state index in [-0.39, 0.29) is 49.7 Å². The van der Waals surface area contributed by atoms with E-state index < -0.39 is 5.91 Å². The number of carbonyl (C=O) groups excluding carboxylic acids is 3. The molecule has 4 N–H and O–H groups in total. The standard InChI is InChI=1S/C43H47N5O3/c44-42(50)32-48(43(51)31-46-28-25-39(35-18-9-3-10-19-35)36-20-11-4-12-21-36)29-26-37-22-13-23-40(47-37)41(49)30-45-27-24-38(33-14-5-1-6-15-33)34-16-7-2-8-17-34/h1-23,38-39,45-46H,24-32H2,(H2,44,50). The van der Waals surface area contributed by atoms with Gasteiger partial charge < -0.3 is 21.3 Å². The van der Waals surface area contributed by atoms with Crippen LogP contribution in [-0.4, -0.2) is 66.8 Å². The number of Topliss-reactive ketones (excluding diaryl/α,β-unsaturated/α-hetero) is 1. The van der Waals surface area contributed by atoms with E-state index in [2.05, 4.69) is 88.4 Å². The van der Waals surface area contributed by atoms with Crippen LogP contribution in [0.15, 0.2) is 140 Å². The van der Waals surface area contributed by atoms with Crippen molar-refractivity contribution in [2.75, 3.05) is 39.3 Å². The van der Waals surface area contributed by atoms with Crippen molar-refractivity contribution in [1.29, 1.82) is 0 Å². The van der Waals surface area contributed by atoms with Crippen molar-refractivity contribution < 1.29 is 14.4 Å². The smallest absolute Gasteiger partial charge is 0.237 e. The Kier molecular flexibility index (Phi) is 14.2. The third kappa shape index (κ3) is 11.6. The Hall–Kier alpha value is -5.44. The predicted molar refractivity (Wildman–Crippen MR) is 202 cm³/mol. The van der Waals surface area contributed by atoms with Crippen molar-refractivity contribution in [3.63, 3.8) is 0 Å². The van der Waals surface area contributed by atoms with Gasteiger partial charge in [-0.05, 0) is 60.3 Å². The van der Waals surface area contributed by atoms with Crippen LogP contribution in [0.25, 0.3) is 0 Å². The van der Waals surface area contributed by atoms with Gasteiger partial charge in [-0.3, -0.25) is 14.4 Å². The first-order valence-corrected chi connectivity index (χ1v) is 17.6. The van der Waals surface area contributed by atoms with E-state index in [1.54, 1.807) is 12.1 Å². The number of hydrogen-bond acceptors (Lipinski definition) is 6. The van der Waals surface area contributed by atoms with Crippen molar-refractivity contribution in [3.05, 3.63) is 173 Å². The molecule has 0 aliphatic heterocycles. The molecular formula is C43H47N5O3. The highest BCUT2D eigenvalue weighted by molar-refractivity contribution is 5.95. The molecule has 0 bridgehead atoms. The summed E-state index contributed by atoms with van der Waals surface area (Å²) in [6.07, 6.45) is 2.03. The Morgan fingerprint density at radius 3 is 1.49 bits per heavy atom. The maximum Gasteiger partial charge on any atom is 0.237 e. The molecule has 0 spiro atoms. The molecule has 51 heavy (non-hydrogen) atoms. The van der Waals surface area contributed by atoms with E-state index in [4.69, 9.17) is 5.73 Å². The fraction of sp³-hybridized carbons (Fsp3) is 0.256. The van der Waals surface area contributed by atoms with E-state index in [9.17, 15) is 14.4 Å². The van der Waals surface area contributed by atoms with Gasteiger partial charge in [0.2, 0.25) is 11.8 Å². The zero-order valence-electron chi connectivity index (χ0n) is 29.0. The molecule has 2 amide bonds. The number of nitrogens with two attached hydrogens (primary N) is 1. The van der Waals surface area contributed by atoms with E-state index in [0.717, 1.165) is 12.8 Å². The number of ketones is 1. The summed E-state index contributed by atoms with van der Waals surface area (Å²) >= 11 is 0. The number of rotatable bonds is 20. The minimum absolute atomic E-state index is 0.0800. The van der Waals surface area contributed by atoms with Crippen LogP contribution in [0.5, 0.6) is 0 Å². The number of aromatic nitrogens is 1. The molecule has 0 atom stereocenters. The second kappa shape index (κ2) is 19.7. The first kappa shape index (κ1) is 36.8. The third-order valence-corrected chi connectivity index (χ3v) is 9.02. The summed E-state index contributed by atoms with van der Waals surface area (Å²) in [5.74, 6) is -0.495. The average molecular weight is 682 g/mol. The van der Waals surface area contributed by atoms with Crippen molar-refractivity contribution in [2.45, 2.75) is 31.1 Å². The maximum absolute atomic E-state index is 13.2. The maximum atomic E-state index is 13.2. The molecule has 0 radical (unpaired) electrons. The van der Waals surface area contributed by atoms with Crippen LogP contribution in [0.1, 0.15) is 63.1 Å². The normalized spacial score (nSPS) is 11.1. The zero-order chi connectivity index (χ0) is 35.7. The van der Waals surface area contributed by atoms with Crippen LogP contribution < -0.4 is 16.4 Å². The second-order valence-corrected chi connectivity index (χ2v) is 12.6. The monoisotopic (exact) mass is 681 g/mol. The van der Waals surface area contributed by atoms with Crippen molar-refractivity contribution in [3.8, 4) is 0 Å². The van der Waals surface area contributed by atoms with Gasteiger partial charge in [0.15, 0.2) is 5.78 Å². The highest BCUT2D eigenvalue weighted by atomic mass is 16.2. The van der Waals surface area contributed by atoms with Crippen molar-refractivity contribution in [1.82, 2.24) is 20.5 Å². The summed E-state index contributed by atoms with van der Waals surface area (Å²) in [4.78, 5) is 44.2. The molecule has 8 nitrogen and oxygen atoms in total. The number of primary amides is 1. The second-order valence-electron chi connectivity index (χ2n) is 12.6. The molecule has 0 aliphatic carbocycles. The molecule has 0 saturated carbocycles. The Labute approximate surface area is 301 Å². The largest absolute Gasteiger partial charge is 0.368 e. The Morgan fingerprint density at radius 1 is 0.588 bits per heavy atom. The number of amides is 2. The van der Waals surface area contributed by atoms with Crippen LogP contribution in [0, 0.1) is 0 Å². The summed E-state index contributed by atoms with van der Waals surface area (Å²) in [7, 11) is 0. The predicted octanol–water partition coefficient (Wildman–Crippen LogP) is 5.74. The third-order valence-electron chi connectivity index (χ3n) is 9.02. The van der Waals surface area contributed by atoms with Gasteiger partial charge in [-0.25, -0.2) is 4.98 Å². The molecule has 0 fully saturated rings. The summed E-state index contributed by atoms with van der Waals surface area (Å²) in [5, 5.41) is 6.58. The van der Waals surface area contributed by atoms with Crippen LogP contribution >= 0.6 is 0 Å². The number of pyridine rings is 1. The highest BCUT2D eigenvalue weighted by Gasteiger charge is 2.19. The Bertz CT molecular complexity index is 1720. The minimum atomic E-state index is -0.582. The lowest BCUT2D eigenvalue weighted by atomic mass is 9.88. The van der Waals surface area contributed by atoms with E-state index >= 15 is 0 Å². The lowest BCUT2D eigenvalue weighted by Crippen LogP contribution is -2.44. The van der Waals surface area contributed by atoms with E-state index in [1.165, 1.54) is 27.2 Å². The van der Waals surface area contributed by atoms with Gasteiger partial charge >= 0.3 is 0 Å². The fourth-order valence-corrected chi connectivity index (χ4v) is 6.39. The number of hydrogen-bond donors (Lipinski definition) is 3. The Morgan fingerprint density at radius 2 is 1.04 bits per heavy atom. The van der Waals surface area contributed by atoms with Crippen LogP contribution in [0.4, 0.5) is 0 Å². The molecule has 0 unspecified atom stereocenters. The number of nitrogens with zero attached hydrogens (tertiary/aromatic N) is 2. The summed E-state index contributed by atoms with van der Waals surface area (Å²) in [6.45, 7) is 1.59. The van der Waals surface area contributed by atoms with Gasteiger partial charge in [0.25, 0.3) is 0 Å². The van der Waals surface area contributed by atoms with Gasteiger partial charge in [0.05, 0.1) is 19.6 Å². The lowest BCUT2D eigenvalue weighted by molar-refractivity contribution is -0.134. The molecule has 0 saturated heterocycles. The van der Waals surface area contributed by atoms with Crippen LogP contribution in [0.2, 0.25) is 0 Å². The van der Waals surface area contributed by atoms with Gasteiger partial charge in [-0.2, -0.15) is 0 Å². The summed E-state index contributed by atoms with van der Waals surface area (Å²) in [5.41, 5.74) is 11.5. The molecule has 0 aliphatic rings. The first-order valence-electron chi connectivity index (χ1n) is 17.6. The molecular weight excluding hydrogens is 635 g/mol. The fourth-order valence-electron chi connectivity index (χ4n) is 6.39. The first-order chi connectivity index (χ1) is 25.0. The molecule has 1 aromatic heterocycles. The Balaban J connectivity index is 1.10. The molecule has 4 aromatic carbocycles. The molecule has 8 heteroatoms. The van der Waals surface area contributed by atoms with Crippen LogP contribution in [0.3, 0.4) is 0 Å². The van der Waals surface area contributed by atoms with Crippen molar-refractivity contribution in [2.24, 2.45) is 5.73 Å². The lowest BCUT2D eigenvalue weighted by Gasteiger charge is -2.22. The van der Waals surface area contributed by atoms with E-state index in [1.807, 2.05) is 54.6 Å². The van der Waals surface area contributed by atoms with Gasteiger partial charge in [-0.1, -0.05) is 127 Å². The zero-order valence-corrected chi connectivity index (χ0v) is 29.0. The molecule has 1 heterocycles. The minimum Gasteiger partial charge on any atom is -0.368 e.